The molecule has 0 heterocycles. The van der Waals surface area contributed by atoms with E-state index in [1.807, 2.05) is 32.0 Å². The molecule has 0 aromatic heterocycles. The lowest BCUT2D eigenvalue weighted by Crippen LogP contribution is -2.32. The largest absolute Gasteiger partial charge is 0.374 e. The molecule has 1 atom stereocenters. The van der Waals surface area contributed by atoms with Crippen LogP contribution in [0.5, 0.6) is 0 Å². The zero-order valence-corrected chi connectivity index (χ0v) is 13.3. The van der Waals surface area contributed by atoms with Crippen LogP contribution in [0, 0.1) is 26.6 Å². The molecule has 116 valence electrons. The van der Waals surface area contributed by atoms with Gasteiger partial charge in [-0.05, 0) is 56.5 Å². The topological polar surface area (TPSA) is 41.1 Å². The minimum atomic E-state index is -0.471. The number of carbonyl (C=O) groups excluding carboxylic acids is 1. The lowest BCUT2D eigenvalue weighted by atomic mass is 10.1. The molecule has 2 N–H and O–H groups in total. The Bertz CT molecular complexity index is 677. The summed E-state index contributed by atoms with van der Waals surface area (Å²) < 4.78 is 13.5. The molecule has 1 unspecified atom stereocenters. The minimum Gasteiger partial charge on any atom is -0.374 e. The van der Waals surface area contributed by atoms with E-state index in [4.69, 9.17) is 0 Å². The van der Waals surface area contributed by atoms with Crippen LogP contribution in [0.1, 0.15) is 23.6 Å². The van der Waals surface area contributed by atoms with Gasteiger partial charge in [0.2, 0.25) is 5.91 Å². The van der Waals surface area contributed by atoms with Gasteiger partial charge in [-0.25, -0.2) is 4.39 Å². The molecular formula is C18H21FN2O. The third-order valence-electron chi connectivity index (χ3n) is 3.68. The summed E-state index contributed by atoms with van der Waals surface area (Å²) in [6.45, 7) is 7.36. The van der Waals surface area contributed by atoms with E-state index in [2.05, 4.69) is 10.6 Å². The van der Waals surface area contributed by atoms with Crippen LogP contribution in [0.3, 0.4) is 0 Å². The predicted molar refractivity (Wildman–Crippen MR) is 88.8 cm³/mol. The van der Waals surface area contributed by atoms with Gasteiger partial charge in [-0.15, -0.1) is 0 Å². The van der Waals surface area contributed by atoms with Crippen LogP contribution in [0.25, 0.3) is 0 Å². The van der Waals surface area contributed by atoms with Crippen molar-refractivity contribution < 1.29 is 9.18 Å². The number of benzene rings is 2. The maximum atomic E-state index is 13.5. The summed E-state index contributed by atoms with van der Waals surface area (Å²) in [7, 11) is 0. The van der Waals surface area contributed by atoms with Crippen LogP contribution in [0.2, 0.25) is 0 Å². The third kappa shape index (κ3) is 3.64. The van der Waals surface area contributed by atoms with E-state index in [1.165, 1.54) is 6.07 Å². The second-order valence-corrected chi connectivity index (χ2v) is 5.59. The van der Waals surface area contributed by atoms with Gasteiger partial charge in [-0.3, -0.25) is 4.79 Å². The Hall–Kier alpha value is -2.36. The monoisotopic (exact) mass is 300 g/mol. The Balaban J connectivity index is 2.07. The fourth-order valence-corrected chi connectivity index (χ4v) is 2.24. The van der Waals surface area contributed by atoms with Gasteiger partial charge in [-0.1, -0.05) is 24.3 Å². The molecule has 0 aliphatic heterocycles. The fourth-order valence-electron chi connectivity index (χ4n) is 2.24. The number of halogens is 1. The number of hydrogen-bond donors (Lipinski definition) is 2. The smallest absolute Gasteiger partial charge is 0.246 e. The summed E-state index contributed by atoms with van der Waals surface area (Å²) in [4.78, 5) is 12.3. The molecule has 0 fully saturated rings. The quantitative estimate of drug-likeness (QED) is 0.889. The summed E-state index contributed by atoms with van der Waals surface area (Å²) in [6.07, 6.45) is 0. The number of rotatable bonds is 4. The maximum Gasteiger partial charge on any atom is 0.246 e. The van der Waals surface area contributed by atoms with E-state index in [0.717, 1.165) is 16.8 Å². The van der Waals surface area contributed by atoms with Crippen LogP contribution in [0.4, 0.5) is 15.8 Å². The van der Waals surface area contributed by atoms with Crippen molar-refractivity contribution in [1.29, 1.82) is 0 Å². The van der Waals surface area contributed by atoms with Crippen molar-refractivity contribution in [2.45, 2.75) is 33.7 Å². The number of amides is 1. The molecule has 0 saturated heterocycles. The highest BCUT2D eigenvalue weighted by molar-refractivity contribution is 5.97. The molecule has 1 amide bonds. The zero-order valence-electron chi connectivity index (χ0n) is 13.3. The first-order valence-corrected chi connectivity index (χ1v) is 7.28. The normalized spacial score (nSPS) is 11.9. The maximum absolute atomic E-state index is 13.5. The van der Waals surface area contributed by atoms with Gasteiger partial charge in [-0.2, -0.15) is 0 Å². The van der Waals surface area contributed by atoms with E-state index in [9.17, 15) is 9.18 Å². The highest BCUT2D eigenvalue weighted by atomic mass is 19.1. The van der Waals surface area contributed by atoms with Crippen LogP contribution in [-0.2, 0) is 4.79 Å². The first kappa shape index (κ1) is 16.0. The highest BCUT2D eigenvalue weighted by Gasteiger charge is 2.15. The Kier molecular flexibility index (Phi) is 4.81. The number of carbonyl (C=O) groups is 1. The fraction of sp³-hybridized carbons (Fsp3) is 0.278. The Morgan fingerprint density at radius 3 is 2.27 bits per heavy atom. The van der Waals surface area contributed by atoms with Gasteiger partial charge in [0.05, 0.1) is 0 Å². The van der Waals surface area contributed by atoms with E-state index in [1.54, 1.807) is 26.0 Å². The van der Waals surface area contributed by atoms with Gasteiger partial charge in [0.15, 0.2) is 0 Å². The van der Waals surface area contributed by atoms with Gasteiger partial charge in [0, 0.05) is 11.4 Å². The molecule has 0 aliphatic carbocycles. The predicted octanol–water partition coefficient (Wildman–Crippen LogP) is 4.19. The van der Waals surface area contributed by atoms with Crippen LogP contribution in [0.15, 0.2) is 36.4 Å². The SMILES string of the molecule is Cc1ccc(NC(C)C(=O)Nc2c(C)cccc2C)cc1F. The average molecular weight is 300 g/mol. The molecule has 2 aromatic carbocycles. The molecule has 4 heteroatoms. The first-order valence-electron chi connectivity index (χ1n) is 7.28. The molecule has 2 aromatic rings. The standard InChI is InChI=1S/C18H21FN2O/c1-11-8-9-15(10-16(11)19)20-14(4)18(22)21-17-12(2)6-5-7-13(17)3/h5-10,14,20H,1-4H3,(H,21,22). The number of hydrogen-bond acceptors (Lipinski definition) is 2. The summed E-state index contributed by atoms with van der Waals surface area (Å²) in [5.74, 6) is -0.439. The number of aryl methyl sites for hydroxylation is 3. The second-order valence-electron chi connectivity index (χ2n) is 5.59. The first-order chi connectivity index (χ1) is 10.4. The van der Waals surface area contributed by atoms with Crippen molar-refractivity contribution in [3.63, 3.8) is 0 Å². The van der Waals surface area contributed by atoms with Crippen molar-refractivity contribution >= 4 is 17.3 Å². The van der Waals surface area contributed by atoms with Crippen molar-refractivity contribution in [2.75, 3.05) is 10.6 Å². The second kappa shape index (κ2) is 6.60. The molecule has 0 bridgehead atoms. The van der Waals surface area contributed by atoms with Crippen LogP contribution < -0.4 is 10.6 Å². The number of nitrogens with one attached hydrogen (secondary N) is 2. The Morgan fingerprint density at radius 2 is 1.68 bits per heavy atom. The molecule has 22 heavy (non-hydrogen) atoms. The molecule has 0 spiro atoms. The summed E-state index contributed by atoms with van der Waals surface area (Å²) >= 11 is 0. The molecule has 0 radical (unpaired) electrons. The van der Waals surface area contributed by atoms with Crippen molar-refractivity contribution in [3.8, 4) is 0 Å². The van der Waals surface area contributed by atoms with Crippen molar-refractivity contribution in [1.82, 2.24) is 0 Å². The number of anilines is 2. The van der Waals surface area contributed by atoms with Crippen LogP contribution in [-0.4, -0.2) is 11.9 Å². The van der Waals surface area contributed by atoms with E-state index in [-0.39, 0.29) is 11.7 Å². The van der Waals surface area contributed by atoms with E-state index >= 15 is 0 Å². The van der Waals surface area contributed by atoms with Crippen molar-refractivity contribution in [3.05, 3.63) is 58.9 Å². The lowest BCUT2D eigenvalue weighted by Gasteiger charge is -2.18. The highest BCUT2D eigenvalue weighted by Crippen LogP contribution is 2.20. The van der Waals surface area contributed by atoms with Gasteiger partial charge in [0.25, 0.3) is 0 Å². The molecule has 3 nitrogen and oxygen atoms in total. The summed E-state index contributed by atoms with van der Waals surface area (Å²) in [5.41, 5.74) is 4.03. The Labute approximate surface area is 130 Å². The van der Waals surface area contributed by atoms with E-state index in [0.29, 0.717) is 11.3 Å². The molecular weight excluding hydrogens is 279 g/mol. The summed E-state index contributed by atoms with van der Waals surface area (Å²) in [6, 6.07) is 10.2. The van der Waals surface area contributed by atoms with Crippen molar-refractivity contribution in [2.24, 2.45) is 0 Å². The van der Waals surface area contributed by atoms with Gasteiger partial charge in [0.1, 0.15) is 11.9 Å². The molecule has 0 aliphatic rings. The molecule has 0 saturated carbocycles. The average Bonchev–Trinajstić information content (AvgIpc) is 2.46. The number of para-hydroxylation sites is 1. The third-order valence-corrected chi connectivity index (χ3v) is 3.68. The molecule has 2 rings (SSSR count). The van der Waals surface area contributed by atoms with Gasteiger partial charge >= 0.3 is 0 Å². The van der Waals surface area contributed by atoms with Gasteiger partial charge < -0.3 is 10.6 Å². The minimum absolute atomic E-state index is 0.154. The summed E-state index contributed by atoms with van der Waals surface area (Å²) in [5, 5.41) is 5.95. The van der Waals surface area contributed by atoms with E-state index < -0.39 is 6.04 Å². The van der Waals surface area contributed by atoms with Crippen LogP contribution >= 0.6 is 0 Å². The zero-order chi connectivity index (χ0) is 16.3. The Morgan fingerprint density at radius 1 is 1.05 bits per heavy atom. The lowest BCUT2D eigenvalue weighted by molar-refractivity contribution is -0.116.